The number of nitrogens with zero attached hydrogens (tertiary/aromatic N) is 4. The first-order valence-electron chi connectivity index (χ1n) is 32.7. The van der Waals surface area contributed by atoms with Gasteiger partial charge in [0.25, 0.3) is 0 Å². The molecule has 10 rings (SSSR count). The van der Waals surface area contributed by atoms with Gasteiger partial charge in [-0.25, -0.2) is 19.9 Å². The van der Waals surface area contributed by atoms with Gasteiger partial charge in [-0.3, -0.25) is 19.2 Å². The molecule has 0 aromatic carbocycles. The van der Waals surface area contributed by atoms with E-state index in [0.29, 0.717) is 105 Å². The molecule has 12 N–H and O–H groups in total. The van der Waals surface area contributed by atoms with Gasteiger partial charge in [-0.15, -0.1) is 0 Å². The molecule has 0 aliphatic carbocycles. The van der Waals surface area contributed by atoms with Crippen molar-refractivity contribution in [2.75, 3.05) is 13.1 Å². The number of rotatable bonds is 23. The molecule has 0 saturated heterocycles. The normalized spacial score (nSPS) is 14.7. The van der Waals surface area contributed by atoms with E-state index in [1.807, 2.05) is 104 Å². The van der Waals surface area contributed by atoms with E-state index in [2.05, 4.69) is 30.6 Å². The second-order valence-corrected chi connectivity index (χ2v) is 25.7. The summed E-state index contributed by atoms with van der Waals surface area (Å²) in [7, 11) is 0. The molecule has 20 heteroatoms. The standard InChI is InChI=1S/C74H88N10O10/c1-35-47(59-33-61-49(19-23-69(91)92)37(3)53(79-61)29-63-73(45(11)87)41(7)57(83-63)31-65-71(43(9)85)39(5)55(81-65)27-51(35)77-59)17-21-67(89)75-25-15-13-14-16-26-76-68(90)22-18-48-36(2)52-28-56-40(6)72(44(10)86)66(82-56)32-58-42(8)74(46(12)88)64(84-58)30-54-38(4)50(20-24-70(93)94)62(80-54)34-60(48)78-52/h27-34,43-46,77,79,82,84-88H,13-26H2,1-12H3,(H,75,89)(H,76,90)(H,91,92)(H,93,94). The Morgan fingerprint density at radius 2 is 0.702 bits per heavy atom. The Hall–Kier alpha value is -9.08. The van der Waals surface area contributed by atoms with Crippen LogP contribution in [0.25, 0.3) is 88.7 Å². The van der Waals surface area contributed by atoms with Crippen LogP contribution in [0.15, 0.2) is 48.5 Å². The molecule has 16 bridgehead atoms. The zero-order valence-corrected chi connectivity index (χ0v) is 55.9. The number of carboxylic acid groups (broad SMARTS) is 2. The second kappa shape index (κ2) is 28.2. The van der Waals surface area contributed by atoms with E-state index < -0.39 is 36.4 Å². The van der Waals surface area contributed by atoms with Crippen LogP contribution in [-0.4, -0.2) is 120 Å². The first-order chi connectivity index (χ1) is 44.7. The van der Waals surface area contributed by atoms with Crippen LogP contribution >= 0.6 is 0 Å². The van der Waals surface area contributed by atoms with Crippen LogP contribution in [0.1, 0.15) is 222 Å². The third kappa shape index (κ3) is 14.2. The summed E-state index contributed by atoms with van der Waals surface area (Å²) in [6, 6.07) is 15.3. The number of fused-ring (bicyclic) bond motifs is 16. The minimum atomic E-state index is -0.933. The third-order valence-corrected chi connectivity index (χ3v) is 19.1. The molecule has 10 heterocycles. The minimum absolute atomic E-state index is 0.0869. The molecule has 4 unspecified atom stereocenters. The molecule has 4 aliphatic heterocycles. The lowest BCUT2D eigenvalue weighted by atomic mass is 9.98. The minimum Gasteiger partial charge on any atom is -0.481 e. The summed E-state index contributed by atoms with van der Waals surface area (Å²) in [6.45, 7) is 23.4. The van der Waals surface area contributed by atoms with E-state index in [1.165, 1.54) is 0 Å². The number of nitrogens with one attached hydrogen (secondary N) is 6. The van der Waals surface area contributed by atoms with Crippen molar-refractivity contribution in [3.05, 3.63) is 139 Å². The average Bonchev–Trinajstić information content (AvgIpc) is 1.53. The summed E-state index contributed by atoms with van der Waals surface area (Å²) < 4.78 is 0. The average molecular weight is 1280 g/mol. The van der Waals surface area contributed by atoms with Gasteiger partial charge in [0.1, 0.15) is 0 Å². The first kappa shape index (κ1) is 67.8. The maximum Gasteiger partial charge on any atom is 0.303 e. The Morgan fingerprint density at radius 1 is 0.372 bits per heavy atom. The lowest BCUT2D eigenvalue weighted by Crippen LogP contribution is -2.25. The van der Waals surface area contributed by atoms with E-state index in [9.17, 15) is 49.8 Å². The van der Waals surface area contributed by atoms with Gasteiger partial charge in [0.15, 0.2) is 0 Å². The van der Waals surface area contributed by atoms with E-state index in [0.717, 1.165) is 126 Å². The molecule has 0 radical (unpaired) electrons. The van der Waals surface area contributed by atoms with Gasteiger partial charge in [0.05, 0.1) is 70.0 Å². The molecule has 0 spiro atoms. The number of unbranched alkanes of at least 4 members (excludes halogenated alkanes) is 3. The van der Waals surface area contributed by atoms with Gasteiger partial charge in [0, 0.05) is 105 Å². The lowest BCUT2D eigenvalue weighted by Gasteiger charge is -2.08. The summed E-state index contributed by atoms with van der Waals surface area (Å²) in [5.74, 6) is -2.06. The second-order valence-electron chi connectivity index (χ2n) is 25.7. The first-order valence-corrected chi connectivity index (χ1v) is 32.7. The smallest absolute Gasteiger partial charge is 0.303 e. The highest BCUT2D eigenvalue weighted by atomic mass is 16.4. The van der Waals surface area contributed by atoms with Crippen LogP contribution in [0, 0.1) is 27.7 Å². The van der Waals surface area contributed by atoms with Crippen molar-refractivity contribution in [2.45, 2.75) is 185 Å². The molecular weight excluding hydrogens is 1190 g/mol. The Morgan fingerprint density at radius 3 is 1.17 bits per heavy atom. The number of H-pyrrole nitrogens is 4. The van der Waals surface area contributed by atoms with Crippen molar-refractivity contribution in [2.24, 2.45) is 0 Å². The van der Waals surface area contributed by atoms with Crippen LogP contribution in [0.5, 0.6) is 0 Å². The van der Waals surface area contributed by atoms with E-state index in [1.54, 1.807) is 27.7 Å². The Kier molecular flexibility index (Phi) is 20.4. The quantitative estimate of drug-likeness (QED) is 0.0266. The zero-order valence-electron chi connectivity index (χ0n) is 55.9. The number of amides is 2. The van der Waals surface area contributed by atoms with Gasteiger partial charge >= 0.3 is 11.9 Å². The van der Waals surface area contributed by atoms with Crippen molar-refractivity contribution in [3.63, 3.8) is 0 Å². The SMILES string of the molecule is CC1=C(CCC(=O)O)c2cc3nc(cc4[nH]c(cc5[nH]c(cc1n2)c(C(C)O)c5C)c(C(C)O)c4C)C(C)=C3CCC(=O)NCCCCCCNC(=O)CCc1c(C)c2cc3nc(cc4nc(cc5[nH]c(cc1[nH]2)c(CCC(=O)O)c5C)C(C(C)O)=C4C)C(C(C)O)=C3C. The van der Waals surface area contributed by atoms with Crippen molar-refractivity contribution >= 4 is 112 Å². The molecule has 494 valence electrons. The third-order valence-electron chi connectivity index (χ3n) is 19.1. The number of carbonyl (C=O) groups is 4. The molecule has 4 atom stereocenters. The zero-order chi connectivity index (χ0) is 67.7. The molecule has 6 aromatic heterocycles. The van der Waals surface area contributed by atoms with Crippen LogP contribution < -0.4 is 10.6 Å². The molecule has 0 fully saturated rings. The van der Waals surface area contributed by atoms with Crippen molar-refractivity contribution in [1.29, 1.82) is 0 Å². The lowest BCUT2D eigenvalue weighted by molar-refractivity contribution is -0.137. The Labute approximate surface area is 546 Å². The number of carboxylic acids is 2. The fourth-order valence-electron chi connectivity index (χ4n) is 13.9. The van der Waals surface area contributed by atoms with Gasteiger partial charge in [0.2, 0.25) is 11.8 Å². The Balaban J connectivity index is 0.811. The topological polar surface area (TPSA) is 328 Å². The maximum absolute atomic E-state index is 13.6. The Bertz CT molecular complexity index is 4560. The number of aromatic amines is 4. The van der Waals surface area contributed by atoms with E-state index >= 15 is 0 Å². The number of hydrogen-bond acceptors (Lipinski definition) is 12. The summed E-state index contributed by atoms with van der Waals surface area (Å²) in [6.07, 6.45) is 1.35. The van der Waals surface area contributed by atoms with Gasteiger partial charge in [-0.1, -0.05) is 12.8 Å². The fourth-order valence-corrected chi connectivity index (χ4v) is 13.9. The summed E-state index contributed by atoms with van der Waals surface area (Å²) in [5.41, 5.74) is 23.6. The number of aliphatic hydroxyl groups excluding tert-OH is 4. The van der Waals surface area contributed by atoms with E-state index in [-0.39, 0.29) is 50.3 Å². The monoisotopic (exact) mass is 1280 g/mol. The highest BCUT2D eigenvalue weighted by molar-refractivity contribution is 5.99. The molecule has 0 saturated carbocycles. The summed E-state index contributed by atoms with van der Waals surface area (Å²) in [4.78, 5) is 85.6. The molecule has 4 aliphatic rings. The molecule has 6 aromatic rings. The number of aromatic nitrogens is 8. The van der Waals surface area contributed by atoms with Crippen molar-refractivity contribution in [1.82, 2.24) is 50.5 Å². The molecule has 2 amide bonds. The molecule has 94 heavy (non-hydrogen) atoms. The highest BCUT2D eigenvalue weighted by Crippen LogP contribution is 2.41. The number of hydrogen-bond donors (Lipinski definition) is 12. The summed E-state index contributed by atoms with van der Waals surface area (Å²) >= 11 is 0. The predicted molar refractivity (Wildman–Crippen MR) is 370 cm³/mol. The van der Waals surface area contributed by atoms with Crippen molar-refractivity contribution < 1.29 is 49.8 Å². The van der Waals surface area contributed by atoms with Crippen LogP contribution in [0.4, 0.5) is 0 Å². The van der Waals surface area contributed by atoms with Gasteiger partial charge < -0.3 is 61.2 Å². The number of allylic oxidation sites excluding steroid dienone is 6. The highest BCUT2D eigenvalue weighted by Gasteiger charge is 2.28. The van der Waals surface area contributed by atoms with Gasteiger partial charge in [-0.2, -0.15) is 0 Å². The number of aliphatic hydroxyl groups is 4. The maximum atomic E-state index is 13.6. The molecule has 20 nitrogen and oxygen atoms in total. The number of aryl methyl sites for hydroxylation is 6. The van der Waals surface area contributed by atoms with Crippen LogP contribution in [0.3, 0.4) is 0 Å². The predicted octanol–water partition coefficient (Wildman–Crippen LogP) is 12.9. The molecular formula is C74H88N10O10. The van der Waals surface area contributed by atoms with Crippen LogP contribution in [-0.2, 0) is 32.0 Å². The van der Waals surface area contributed by atoms with Gasteiger partial charge in [-0.05, 0) is 237 Å². The summed E-state index contributed by atoms with van der Waals surface area (Å²) in [5, 5.41) is 70.1. The van der Waals surface area contributed by atoms with E-state index in [4.69, 9.17) is 19.9 Å². The van der Waals surface area contributed by atoms with Crippen LogP contribution in [0.2, 0.25) is 0 Å². The number of carbonyl (C=O) groups excluding carboxylic acids is 2. The fraction of sp³-hybridized carbons (Fsp3) is 0.405. The van der Waals surface area contributed by atoms with Crippen molar-refractivity contribution in [3.8, 4) is 0 Å². The number of aliphatic carboxylic acids is 2. The largest absolute Gasteiger partial charge is 0.481 e.